The molecule has 2 amide bonds. The second-order valence-corrected chi connectivity index (χ2v) is 2.97. The maximum atomic E-state index is 10.9. The largest absolute Gasteiger partial charge is 0.351 e. The molecule has 0 aromatic carbocycles. The third kappa shape index (κ3) is 1.99. The van der Waals surface area contributed by atoms with Crippen molar-refractivity contribution in [1.82, 2.24) is 4.90 Å². The van der Waals surface area contributed by atoms with Crippen molar-refractivity contribution in [3.05, 3.63) is 36.5 Å². The molecule has 0 saturated carbocycles. The van der Waals surface area contributed by atoms with Crippen molar-refractivity contribution in [2.45, 2.75) is 6.42 Å². The van der Waals surface area contributed by atoms with Gasteiger partial charge >= 0.3 is 6.03 Å². The van der Waals surface area contributed by atoms with Crippen molar-refractivity contribution in [3.8, 4) is 0 Å². The molecule has 13 heavy (non-hydrogen) atoms. The Bertz CT molecular complexity index is 279. The number of hydrogen-bond donors (Lipinski definition) is 1. The van der Waals surface area contributed by atoms with Crippen LogP contribution in [0.3, 0.4) is 0 Å². The fourth-order valence-electron chi connectivity index (χ4n) is 1.42. The maximum absolute atomic E-state index is 10.9. The van der Waals surface area contributed by atoms with E-state index in [2.05, 4.69) is 13.2 Å². The summed E-state index contributed by atoms with van der Waals surface area (Å²) in [6.45, 7) is 8.63. The lowest BCUT2D eigenvalue weighted by molar-refractivity contribution is 0.210. The second kappa shape index (κ2) is 3.94. The smallest absolute Gasteiger partial charge is 0.315 e. The van der Waals surface area contributed by atoms with Crippen molar-refractivity contribution in [1.29, 1.82) is 0 Å². The lowest BCUT2D eigenvalue weighted by Crippen LogP contribution is -2.40. The zero-order valence-corrected chi connectivity index (χ0v) is 7.62. The number of carbonyl (C=O) groups excluding carboxylic acids is 1. The van der Waals surface area contributed by atoms with Gasteiger partial charge in [0.05, 0.1) is 0 Å². The monoisotopic (exact) mass is 178 g/mol. The molecule has 0 aromatic rings. The molecule has 0 fully saturated rings. The Morgan fingerprint density at radius 2 is 2.00 bits per heavy atom. The van der Waals surface area contributed by atoms with Gasteiger partial charge < -0.3 is 10.6 Å². The molecule has 0 aliphatic carbocycles. The highest BCUT2D eigenvalue weighted by molar-refractivity contribution is 5.73. The molecule has 0 atom stereocenters. The van der Waals surface area contributed by atoms with Crippen LogP contribution >= 0.6 is 0 Å². The number of nitrogens with zero attached hydrogens (tertiary/aromatic N) is 1. The van der Waals surface area contributed by atoms with E-state index < -0.39 is 0 Å². The van der Waals surface area contributed by atoms with Gasteiger partial charge in [-0.05, 0) is 17.6 Å². The van der Waals surface area contributed by atoms with Crippen LogP contribution in [0.15, 0.2) is 36.5 Å². The molecule has 0 saturated heterocycles. The lowest BCUT2D eigenvalue weighted by atomic mass is 10.0. The minimum atomic E-state index is -0.373. The van der Waals surface area contributed by atoms with Crippen LogP contribution < -0.4 is 5.73 Å². The molecule has 0 bridgehead atoms. The van der Waals surface area contributed by atoms with Gasteiger partial charge in [0.1, 0.15) is 0 Å². The summed E-state index contributed by atoms with van der Waals surface area (Å²) in [4.78, 5) is 12.5. The van der Waals surface area contributed by atoms with Crippen molar-refractivity contribution in [3.63, 3.8) is 0 Å². The second-order valence-electron chi connectivity index (χ2n) is 2.97. The standard InChI is InChI=1S/C10H14N2O/c1-3-8-5-6-12(10(11)13)7-9(8)4-2/h3-4H,1-2,5-7H2,(H2,11,13). The van der Waals surface area contributed by atoms with Crippen LogP contribution in [0.1, 0.15) is 6.42 Å². The molecule has 1 heterocycles. The summed E-state index contributed by atoms with van der Waals surface area (Å²) in [6, 6.07) is -0.373. The van der Waals surface area contributed by atoms with E-state index in [1.165, 1.54) is 0 Å². The summed E-state index contributed by atoms with van der Waals surface area (Å²) in [6.07, 6.45) is 4.38. The average Bonchev–Trinajstić information content (AvgIpc) is 2.16. The molecular weight excluding hydrogens is 164 g/mol. The SMILES string of the molecule is C=CC1=C(C=C)CN(C(N)=O)CC1. The molecule has 1 rings (SSSR count). The number of primary amides is 1. The first-order valence-corrected chi connectivity index (χ1v) is 4.20. The Morgan fingerprint density at radius 3 is 2.46 bits per heavy atom. The zero-order chi connectivity index (χ0) is 9.84. The van der Waals surface area contributed by atoms with Gasteiger partial charge in [-0.1, -0.05) is 25.3 Å². The van der Waals surface area contributed by atoms with Gasteiger partial charge in [-0.3, -0.25) is 0 Å². The summed E-state index contributed by atoms with van der Waals surface area (Å²) in [5.74, 6) is 0. The molecule has 2 N–H and O–H groups in total. The zero-order valence-electron chi connectivity index (χ0n) is 7.62. The van der Waals surface area contributed by atoms with Gasteiger partial charge in [-0.15, -0.1) is 0 Å². The van der Waals surface area contributed by atoms with Gasteiger partial charge in [-0.2, -0.15) is 0 Å². The number of rotatable bonds is 2. The molecule has 0 radical (unpaired) electrons. The average molecular weight is 178 g/mol. The van der Waals surface area contributed by atoms with Gasteiger partial charge in [-0.25, -0.2) is 4.79 Å². The molecule has 3 heteroatoms. The molecule has 1 aliphatic rings. The van der Waals surface area contributed by atoms with Crippen LogP contribution in [-0.2, 0) is 0 Å². The van der Waals surface area contributed by atoms with Crippen LogP contribution in [0.25, 0.3) is 0 Å². The van der Waals surface area contributed by atoms with Gasteiger partial charge in [0.15, 0.2) is 0 Å². The molecular formula is C10H14N2O. The highest BCUT2D eigenvalue weighted by Crippen LogP contribution is 2.18. The number of urea groups is 1. The van der Waals surface area contributed by atoms with Crippen LogP contribution in [0.4, 0.5) is 4.79 Å². The topological polar surface area (TPSA) is 46.3 Å². The predicted octanol–water partition coefficient (Wildman–Crippen LogP) is 1.44. The van der Waals surface area contributed by atoms with E-state index in [-0.39, 0.29) is 6.03 Å². The molecule has 3 nitrogen and oxygen atoms in total. The Morgan fingerprint density at radius 1 is 1.38 bits per heavy atom. The summed E-state index contributed by atoms with van der Waals surface area (Å²) < 4.78 is 0. The molecule has 0 unspecified atom stereocenters. The van der Waals surface area contributed by atoms with Crippen molar-refractivity contribution in [2.75, 3.05) is 13.1 Å². The first-order chi connectivity index (χ1) is 6.19. The van der Waals surface area contributed by atoms with Gasteiger partial charge in [0, 0.05) is 13.1 Å². The summed E-state index contributed by atoms with van der Waals surface area (Å²) in [7, 11) is 0. The highest BCUT2D eigenvalue weighted by Gasteiger charge is 2.17. The van der Waals surface area contributed by atoms with E-state index in [4.69, 9.17) is 5.73 Å². The summed E-state index contributed by atoms with van der Waals surface area (Å²) in [5, 5.41) is 0. The Kier molecular flexibility index (Phi) is 2.90. The fourth-order valence-corrected chi connectivity index (χ4v) is 1.42. The van der Waals surface area contributed by atoms with E-state index in [9.17, 15) is 4.79 Å². The number of nitrogens with two attached hydrogens (primary N) is 1. The van der Waals surface area contributed by atoms with Crippen LogP contribution in [0.2, 0.25) is 0 Å². The molecule has 0 aromatic heterocycles. The third-order valence-corrected chi connectivity index (χ3v) is 2.23. The maximum Gasteiger partial charge on any atom is 0.315 e. The molecule has 0 spiro atoms. The van der Waals surface area contributed by atoms with E-state index in [1.54, 1.807) is 11.0 Å². The number of allylic oxidation sites excluding steroid dienone is 1. The predicted molar refractivity (Wildman–Crippen MR) is 53.2 cm³/mol. The Hall–Kier alpha value is -1.51. The van der Waals surface area contributed by atoms with Gasteiger partial charge in [0.25, 0.3) is 0 Å². The van der Waals surface area contributed by atoms with Crippen LogP contribution in [0.5, 0.6) is 0 Å². The van der Waals surface area contributed by atoms with E-state index >= 15 is 0 Å². The van der Waals surface area contributed by atoms with E-state index in [1.807, 2.05) is 6.08 Å². The fraction of sp³-hybridized carbons (Fsp3) is 0.300. The molecule has 70 valence electrons. The minimum Gasteiger partial charge on any atom is -0.351 e. The summed E-state index contributed by atoms with van der Waals surface area (Å²) in [5.41, 5.74) is 7.38. The third-order valence-electron chi connectivity index (χ3n) is 2.23. The van der Waals surface area contributed by atoms with Gasteiger partial charge in [0.2, 0.25) is 0 Å². The molecule has 1 aliphatic heterocycles. The first kappa shape index (κ1) is 9.58. The number of carbonyl (C=O) groups is 1. The van der Waals surface area contributed by atoms with E-state index in [0.29, 0.717) is 13.1 Å². The van der Waals surface area contributed by atoms with Crippen LogP contribution in [0, 0.1) is 0 Å². The highest BCUT2D eigenvalue weighted by atomic mass is 16.2. The first-order valence-electron chi connectivity index (χ1n) is 4.20. The normalized spacial score (nSPS) is 17.1. The van der Waals surface area contributed by atoms with Crippen molar-refractivity contribution in [2.24, 2.45) is 5.73 Å². The number of amides is 2. The van der Waals surface area contributed by atoms with Crippen molar-refractivity contribution < 1.29 is 4.79 Å². The summed E-state index contributed by atoms with van der Waals surface area (Å²) >= 11 is 0. The minimum absolute atomic E-state index is 0.373. The van der Waals surface area contributed by atoms with E-state index in [0.717, 1.165) is 17.6 Å². The van der Waals surface area contributed by atoms with Crippen molar-refractivity contribution >= 4 is 6.03 Å². The quantitative estimate of drug-likeness (QED) is 0.683. The Labute approximate surface area is 78.2 Å². The number of hydrogen-bond acceptors (Lipinski definition) is 1. The van der Waals surface area contributed by atoms with Crippen LogP contribution in [-0.4, -0.2) is 24.0 Å². The Balaban J connectivity index is 2.83. The lowest BCUT2D eigenvalue weighted by Gasteiger charge is -2.27.